The molecule has 1 aromatic rings. The Hall–Kier alpha value is -1.58. The second kappa shape index (κ2) is 3.21. The summed E-state index contributed by atoms with van der Waals surface area (Å²) in [6.45, 7) is 5.12. The Morgan fingerprint density at radius 1 is 1.92 bits per heavy atom. The Bertz CT molecular complexity index is 304. The molecule has 0 aromatic carbocycles. The first kappa shape index (κ1) is 8.52. The fourth-order valence-corrected chi connectivity index (χ4v) is 0.819. The van der Waals surface area contributed by atoms with Gasteiger partial charge in [0.1, 0.15) is 0 Å². The van der Waals surface area contributed by atoms with Crippen LogP contribution in [0.1, 0.15) is 18.4 Å². The van der Waals surface area contributed by atoms with Gasteiger partial charge in [-0.15, -0.1) is 0 Å². The standard InChI is InChI=1S/C8H10N2O2/c1-3-10-5-7(4-9-10)6(2)8(11)12/h3-6H,1H2,2H3,(H,11,12). The average Bonchev–Trinajstić information content (AvgIpc) is 2.50. The number of hydrogen-bond donors (Lipinski definition) is 1. The van der Waals surface area contributed by atoms with Gasteiger partial charge in [-0.25, -0.2) is 4.68 Å². The molecular formula is C8H10N2O2. The lowest BCUT2D eigenvalue weighted by atomic mass is 10.1. The number of nitrogens with zero attached hydrogens (tertiary/aromatic N) is 2. The second-order valence-electron chi connectivity index (χ2n) is 2.50. The summed E-state index contributed by atoms with van der Waals surface area (Å²) >= 11 is 0. The van der Waals surface area contributed by atoms with E-state index in [0.717, 1.165) is 0 Å². The van der Waals surface area contributed by atoms with E-state index in [1.54, 1.807) is 13.1 Å². The summed E-state index contributed by atoms with van der Waals surface area (Å²) in [5.41, 5.74) is 0.683. The largest absolute Gasteiger partial charge is 0.481 e. The van der Waals surface area contributed by atoms with Crippen molar-refractivity contribution in [3.63, 3.8) is 0 Å². The molecule has 1 aromatic heterocycles. The average molecular weight is 166 g/mol. The summed E-state index contributed by atoms with van der Waals surface area (Å²) in [6, 6.07) is 0. The minimum absolute atomic E-state index is 0.515. The molecule has 1 atom stereocenters. The monoisotopic (exact) mass is 166 g/mol. The molecule has 4 nitrogen and oxygen atoms in total. The van der Waals surface area contributed by atoms with Crippen molar-refractivity contribution in [1.29, 1.82) is 0 Å². The Kier molecular flexibility index (Phi) is 2.28. The van der Waals surface area contributed by atoms with Gasteiger partial charge in [0.2, 0.25) is 0 Å². The lowest BCUT2D eigenvalue weighted by Gasteiger charge is -1.99. The SMILES string of the molecule is C=Cn1cc(C(C)C(=O)O)cn1. The summed E-state index contributed by atoms with van der Waals surface area (Å²) in [4.78, 5) is 10.5. The molecule has 0 fully saturated rings. The first-order chi connectivity index (χ1) is 5.65. The molecule has 0 spiro atoms. The van der Waals surface area contributed by atoms with E-state index in [-0.39, 0.29) is 0 Å². The normalized spacial score (nSPS) is 12.4. The number of hydrogen-bond acceptors (Lipinski definition) is 2. The van der Waals surface area contributed by atoms with Crippen molar-refractivity contribution in [3.05, 3.63) is 24.5 Å². The molecule has 1 unspecified atom stereocenters. The quantitative estimate of drug-likeness (QED) is 0.733. The number of aliphatic carboxylic acids is 1. The maximum atomic E-state index is 10.5. The highest BCUT2D eigenvalue weighted by molar-refractivity contribution is 5.75. The molecule has 4 heteroatoms. The predicted molar refractivity (Wildman–Crippen MR) is 44.7 cm³/mol. The third-order valence-corrected chi connectivity index (χ3v) is 1.68. The predicted octanol–water partition coefficient (Wildman–Crippen LogP) is 1.17. The van der Waals surface area contributed by atoms with Crippen molar-refractivity contribution >= 4 is 12.2 Å². The molecule has 0 aliphatic carbocycles. The van der Waals surface area contributed by atoms with E-state index in [2.05, 4.69) is 11.7 Å². The fourth-order valence-electron chi connectivity index (χ4n) is 0.819. The lowest BCUT2D eigenvalue weighted by Crippen LogP contribution is -2.06. The molecule has 0 saturated heterocycles. The van der Waals surface area contributed by atoms with Gasteiger partial charge in [-0.05, 0) is 6.92 Å². The van der Waals surface area contributed by atoms with Crippen LogP contribution in [0.5, 0.6) is 0 Å². The first-order valence-electron chi connectivity index (χ1n) is 3.54. The van der Waals surface area contributed by atoms with Crippen LogP contribution in [-0.2, 0) is 4.79 Å². The molecular weight excluding hydrogens is 156 g/mol. The van der Waals surface area contributed by atoms with Gasteiger partial charge in [-0.1, -0.05) is 6.58 Å². The summed E-state index contributed by atoms with van der Waals surface area (Å²) < 4.78 is 1.48. The fraction of sp³-hybridized carbons (Fsp3) is 0.250. The van der Waals surface area contributed by atoms with Gasteiger partial charge >= 0.3 is 5.97 Å². The Balaban J connectivity index is 2.88. The number of carboxylic acids is 1. The minimum Gasteiger partial charge on any atom is -0.481 e. The van der Waals surface area contributed by atoms with Crippen LogP contribution < -0.4 is 0 Å². The van der Waals surface area contributed by atoms with Crippen LogP contribution >= 0.6 is 0 Å². The van der Waals surface area contributed by atoms with E-state index >= 15 is 0 Å². The van der Waals surface area contributed by atoms with Gasteiger partial charge in [0.05, 0.1) is 12.1 Å². The van der Waals surface area contributed by atoms with Crippen molar-refractivity contribution in [2.45, 2.75) is 12.8 Å². The Labute approximate surface area is 70.1 Å². The molecule has 0 aliphatic heterocycles. The highest BCUT2D eigenvalue weighted by Crippen LogP contribution is 2.13. The van der Waals surface area contributed by atoms with Crippen molar-refractivity contribution in [3.8, 4) is 0 Å². The van der Waals surface area contributed by atoms with Gasteiger partial charge in [-0.2, -0.15) is 5.10 Å². The Morgan fingerprint density at radius 3 is 3.00 bits per heavy atom. The van der Waals surface area contributed by atoms with Crippen molar-refractivity contribution in [2.24, 2.45) is 0 Å². The third kappa shape index (κ3) is 1.53. The Morgan fingerprint density at radius 2 is 2.58 bits per heavy atom. The van der Waals surface area contributed by atoms with E-state index in [0.29, 0.717) is 5.56 Å². The van der Waals surface area contributed by atoms with E-state index in [4.69, 9.17) is 5.11 Å². The minimum atomic E-state index is -0.849. The summed E-state index contributed by atoms with van der Waals surface area (Å²) in [5.74, 6) is -1.36. The number of rotatable bonds is 3. The summed E-state index contributed by atoms with van der Waals surface area (Å²) in [6.07, 6.45) is 4.68. The molecule has 1 heterocycles. The summed E-state index contributed by atoms with van der Waals surface area (Å²) in [5, 5.41) is 12.5. The summed E-state index contributed by atoms with van der Waals surface area (Å²) in [7, 11) is 0. The molecule has 0 bridgehead atoms. The van der Waals surface area contributed by atoms with Crippen molar-refractivity contribution < 1.29 is 9.90 Å². The molecule has 0 saturated carbocycles. The highest BCUT2D eigenvalue weighted by Gasteiger charge is 2.14. The first-order valence-corrected chi connectivity index (χ1v) is 3.54. The molecule has 0 amide bonds. The number of carbonyl (C=O) groups is 1. The van der Waals surface area contributed by atoms with E-state index in [9.17, 15) is 4.79 Å². The van der Waals surface area contributed by atoms with Crippen LogP contribution in [0.15, 0.2) is 19.0 Å². The molecule has 12 heavy (non-hydrogen) atoms. The van der Waals surface area contributed by atoms with Crippen LogP contribution in [0.25, 0.3) is 6.20 Å². The number of carboxylic acid groups (broad SMARTS) is 1. The zero-order valence-corrected chi connectivity index (χ0v) is 6.77. The maximum absolute atomic E-state index is 10.5. The van der Waals surface area contributed by atoms with Crippen molar-refractivity contribution in [2.75, 3.05) is 0 Å². The topological polar surface area (TPSA) is 55.1 Å². The van der Waals surface area contributed by atoms with Crippen LogP contribution in [0.2, 0.25) is 0 Å². The molecule has 64 valence electrons. The van der Waals surface area contributed by atoms with Gasteiger partial charge in [0, 0.05) is 18.0 Å². The third-order valence-electron chi connectivity index (χ3n) is 1.68. The van der Waals surface area contributed by atoms with Crippen LogP contribution in [0.3, 0.4) is 0 Å². The smallest absolute Gasteiger partial charge is 0.310 e. The van der Waals surface area contributed by atoms with E-state index < -0.39 is 11.9 Å². The van der Waals surface area contributed by atoms with Crippen LogP contribution in [0.4, 0.5) is 0 Å². The maximum Gasteiger partial charge on any atom is 0.310 e. The molecule has 1 rings (SSSR count). The molecule has 0 aliphatic rings. The van der Waals surface area contributed by atoms with Crippen LogP contribution in [-0.4, -0.2) is 20.9 Å². The van der Waals surface area contributed by atoms with Gasteiger partial charge in [0.15, 0.2) is 0 Å². The van der Waals surface area contributed by atoms with Crippen molar-refractivity contribution in [1.82, 2.24) is 9.78 Å². The van der Waals surface area contributed by atoms with Crippen LogP contribution in [0, 0.1) is 0 Å². The van der Waals surface area contributed by atoms with Gasteiger partial charge < -0.3 is 5.11 Å². The van der Waals surface area contributed by atoms with Gasteiger partial charge in [0.25, 0.3) is 0 Å². The van der Waals surface area contributed by atoms with E-state index in [1.807, 2.05) is 0 Å². The second-order valence-corrected chi connectivity index (χ2v) is 2.50. The molecule has 0 radical (unpaired) electrons. The van der Waals surface area contributed by atoms with Gasteiger partial charge in [-0.3, -0.25) is 4.79 Å². The number of aromatic nitrogens is 2. The highest BCUT2D eigenvalue weighted by atomic mass is 16.4. The zero-order chi connectivity index (χ0) is 9.14. The zero-order valence-electron chi connectivity index (χ0n) is 6.77. The lowest BCUT2D eigenvalue weighted by molar-refractivity contribution is -0.138. The van der Waals surface area contributed by atoms with E-state index in [1.165, 1.54) is 17.1 Å². The molecule has 1 N–H and O–H groups in total.